The highest BCUT2D eigenvalue weighted by Gasteiger charge is 2.16. The van der Waals surface area contributed by atoms with Gasteiger partial charge in [0.25, 0.3) is 0 Å². The topological polar surface area (TPSA) is 81.2 Å². The number of halogens is 1. The lowest BCUT2D eigenvalue weighted by Crippen LogP contribution is -2.13. The second-order valence-electron chi connectivity index (χ2n) is 4.63. The van der Waals surface area contributed by atoms with Crippen LogP contribution in [0, 0.1) is 0 Å². The number of nitrogens with two attached hydrogens (primary N) is 1. The molecule has 21 heavy (non-hydrogen) atoms. The molecule has 0 aliphatic carbocycles. The van der Waals surface area contributed by atoms with Crippen molar-refractivity contribution >= 4 is 22.7 Å². The van der Waals surface area contributed by atoms with Crippen molar-refractivity contribution in [1.29, 1.82) is 0 Å². The highest BCUT2D eigenvalue weighted by atomic mass is 35.5. The number of oxazole rings is 1. The minimum atomic E-state index is -0.490. The number of aromatic nitrogens is 1. The second kappa shape index (κ2) is 5.27. The fraction of sp³-hybridized carbons (Fsp3) is 0.133. The average Bonchev–Trinajstić information content (AvgIpc) is 2.85. The van der Waals surface area contributed by atoms with E-state index in [0.717, 1.165) is 11.1 Å². The van der Waals surface area contributed by atoms with E-state index >= 15 is 0 Å². The number of benzene rings is 2. The minimum absolute atomic E-state index is 0.441. The van der Waals surface area contributed by atoms with Crippen LogP contribution in [0.3, 0.4) is 0 Å². The van der Waals surface area contributed by atoms with E-state index in [1.54, 1.807) is 37.4 Å². The highest BCUT2D eigenvalue weighted by Crippen LogP contribution is 2.31. The van der Waals surface area contributed by atoms with Gasteiger partial charge in [-0.15, -0.1) is 0 Å². The second-order valence-corrected chi connectivity index (χ2v) is 5.07. The maximum atomic E-state index is 11.2. The van der Waals surface area contributed by atoms with E-state index in [2.05, 4.69) is 4.98 Å². The molecule has 0 spiro atoms. The first-order chi connectivity index (χ1) is 10.1. The van der Waals surface area contributed by atoms with E-state index in [9.17, 15) is 4.79 Å². The summed E-state index contributed by atoms with van der Waals surface area (Å²) >= 11 is 6.03. The monoisotopic (exact) mass is 304 g/mol. The van der Waals surface area contributed by atoms with Gasteiger partial charge in [-0.05, 0) is 35.9 Å². The van der Waals surface area contributed by atoms with Gasteiger partial charge in [-0.2, -0.15) is 0 Å². The van der Waals surface area contributed by atoms with Crippen LogP contribution in [-0.2, 0) is 0 Å². The van der Waals surface area contributed by atoms with Crippen LogP contribution < -0.4 is 16.2 Å². The molecule has 0 radical (unpaired) electrons. The molecule has 3 N–H and O–H groups in total. The molecule has 0 fully saturated rings. The largest absolute Gasteiger partial charge is 0.496 e. The molecule has 5 nitrogen and oxygen atoms in total. The molecular weight excluding hydrogens is 292 g/mol. The SMILES string of the molecule is COc1ccc(Cl)cc1C(N)c1ccc2[nH]c(=O)oc2c1. The molecule has 0 amide bonds. The van der Waals surface area contributed by atoms with Crippen molar-refractivity contribution in [3.05, 3.63) is 63.1 Å². The fourth-order valence-electron chi connectivity index (χ4n) is 2.28. The van der Waals surface area contributed by atoms with Gasteiger partial charge >= 0.3 is 5.76 Å². The Morgan fingerprint density at radius 1 is 1.29 bits per heavy atom. The molecule has 1 aromatic heterocycles. The van der Waals surface area contributed by atoms with Crippen LogP contribution in [0.1, 0.15) is 17.2 Å². The molecule has 0 saturated heterocycles. The summed E-state index contributed by atoms with van der Waals surface area (Å²) in [5, 5.41) is 0.579. The summed E-state index contributed by atoms with van der Waals surface area (Å²) in [7, 11) is 1.58. The summed E-state index contributed by atoms with van der Waals surface area (Å²) in [5.74, 6) is 0.165. The molecule has 0 aliphatic heterocycles. The van der Waals surface area contributed by atoms with Gasteiger partial charge in [0.2, 0.25) is 0 Å². The number of H-pyrrole nitrogens is 1. The molecule has 6 heteroatoms. The highest BCUT2D eigenvalue weighted by molar-refractivity contribution is 6.30. The number of methoxy groups -OCH3 is 1. The van der Waals surface area contributed by atoms with Crippen molar-refractivity contribution in [2.45, 2.75) is 6.04 Å². The predicted octanol–water partition coefficient (Wildman–Crippen LogP) is 2.83. The van der Waals surface area contributed by atoms with E-state index in [1.165, 1.54) is 0 Å². The average molecular weight is 305 g/mol. The number of ether oxygens (including phenoxy) is 1. The van der Waals surface area contributed by atoms with Gasteiger partial charge in [0.1, 0.15) is 5.75 Å². The summed E-state index contributed by atoms with van der Waals surface area (Å²) in [6, 6.07) is 10.2. The van der Waals surface area contributed by atoms with Crippen LogP contribution in [0.2, 0.25) is 5.02 Å². The summed E-state index contributed by atoms with van der Waals surface area (Å²) in [6.07, 6.45) is 0. The van der Waals surface area contributed by atoms with Crippen LogP contribution in [-0.4, -0.2) is 12.1 Å². The zero-order chi connectivity index (χ0) is 15.0. The van der Waals surface area contributed by atoms with Crippen LogP contribution in [0.15, 0.2) is 45.6 Å². The Labute approximate surface area is 125 Å². The maximum Gasteiger partial charge on any atom is 0.417 e. The van der Waals surface area contributed by atoms with Crippen LogP contribution >= 0.6 is 11.6 Å². The van der Waals surface area contributed by atoms with Gasteiger partial charge < -0.3 is 14.9 Å². The molecule has 1 heterocycles. The Morgan fingerprint density at radius 3 is 2.86 bits per heavy atom. The Hall–Kier alpha value is -2.24. The van der Waals surface area contributed by atoms with E-state index in [0.29, 0.717) is 21.9 Å². The smallest absolute Gasteiger partial charge is 0.417 e. The molecule has 1 unspecified atom stereocenters. The van der Waals surface area contributed by atoms with Gasteiger partial charge in [0, 0.05) is 10.6 Å². The van der Waals surface area contributed by atoms with Gasteiger partial charge in [-0.25, -0.2) is 4.79 Å². The third-order valence-electron chi connectivity index (χ3n) is 3.33. The third-order valence-corrected chi connectivity index (χ3v) is 3.57. The maximum absolute atomic E-state index is 11.2. The summed E-state index contributed by atoms with van der Waals surface area (Å²) < 4.78 is 10.4. The summed E-state index contributed by atoms with van der Waals surface area (Å²) in [4.78, 5) is 13.8. The first kappa shape index (κ1) is 13.7. The molecule has 2 aromatic carbocycles. The molecule has 3 aromatic rings. The van der Waals surface area contributed by atoms with Gasteiger partial charge in [-0.1, -0.05) is 17.7 Å². The van der Waals surface area contributed by atoms with Gasteiger partial charge in [0.05, 0.1) is 18.7 Å². The van der Waals surface area contributed by atoms with E-state index in [-0.39, 0.29) is 0 Å². The number of hydrogen-bond donors (Lipinski definition) is 2. The summed E-state index contributed by atoms with van der Waals surface area (Å²) in [6.45, 7) is 0. The van der Waals surface area contributed by atoms with E-state index in [1.807, 2.05) is 6.07 Å². The Balaban J connectivity index is 2.09. The standard InChI is InChI=1S/C15H13ClN2O3/c1-20-12-5-3-9(16)7-10(12)14(17)8-2-4-11-13(6-8)21-15(19)18-11/h2-7,14H,17H2,1H3,(H,18,19). The molecule has 3 rings (SSSR count). The predicted molar refractivity (Wildman–Crippen MR) is 80.9 cm³/mol. The quantitative estimate of drug-likeness (QED) is 0.779. The number of rotatable bonds is 3. The van der Waals surface area contributed by atoms with Crippen LogP contribution in [0.25, 0.3) is 11.1 Å². The van der Waals surface area contributed by atoms with E-state index < -0.39 is 11.8 Å². The normalized spacial score (nSPS) is 12.5. The zero-order valence-electron chi connectivity index (χ0n) is 11.2. The minimum Gasteiger partial charge on any atom is -0.496 e. The van der Waals surface area contributed by atoms with Crippen molar-refractivity contribution in [2.24, 2.45) is 5.73 Å². The molecular formula is C15H13ClN2O3. The fourth-order valence-corrected chi connectivity index (χ4v) is 2.46. The lowest BCUT2D eigenvalue weighted by atomic mass is 9.98. The van der Waals surface area contributed by atoms with Gasteiger partial charge in [-0.3, -0.25) is 4.98 Å². The number of fused-ring (bicyclic) bond motifs is 1. The number of aromatic amines is 1. The van der Waals surface area contributed by atoms with Crippen molar-refractivity contribution < 1.29 is 9.15 Å². The molecule has 108 valence electrons. The first-order valence-electron chi connectivity index (χ1n) is 6.30. The van der Waals surface area contributed by atoms with Crippen molar-refractivity contribution in [1.82, 2.24) is 4.98 Å². The Bertz CT molecular complexity index is 853. The van der Waals surface area contributed by atoms with Crippen molar-refractivity contribution in [3.63, 3.8) is 0 Å². The van der Waals surface area contributed by atoms with Crippen LogP contribution in [0.5, 0.6) is 5.75 Å². The van der Waals surface area contributed by atoms with Crippen molar-refractivity contribution in [3.8, 4) is 5.75 Å². The molecule has 0 bridgehead atoms. The molecule has 0 aliphatic rings. The molecule has 1 atom stereocenters. The Kier molecular flexibility index (Phi) is 3.45. The molecule has 0 saturated carbocycles. The number of nitrogens with one attached hydrogen (secondary N) is 1. The van der Waals surface area contributed by atoms with Crippen LogP contribution in [0.4, 0.5) is 0 Å². The lowest BCUT2D eigenvalue weighted by molar-refractivity contribution is 0.408. The summed E-state index contributed by atoms with van der Waals surface area (Å²) in [5.41, 5.74) is 8.95. The third kappa shape index (κ3) is 2.53. The van der Waals surface area contributed by atoms with Crippen molar-refractivity contribution in [2.75, 3.05) is 7.11 Å². The number of hydrogen-bond acceptors (Lipinski definition) is 4. The van der Waals surface area contributed by atoms with E-state index in [4.69, 9.17) is 26.5 Å². The van der Waals surface area contributed by atoms with Gasteiger partial charge in [0.15, 0.2) is 5.58 Å². The Morgan fingerprint density at radius 2 is 2.10 bits per heavy atom. The first-order valence-corrected chi connectivity index (χ1v) is 6.68. The lowest BCUT2D eigenvalue weighted by Gasteiger charge is -2.16. The zero-order valence-corrected chi connectivity index (χ0v) is 12.0.